The molecule has 6 nitrogen and oxygen atoms in total. The van der Waals surface area contributed by atoms with E-state index in [0.29, 0.717) is 24.5 Å². The Kier molecular flexibility index (Phi) is 5.60. The van der Waals surface area contributed by atoms with Crippen molar-refractivity contribution in [3.8, 4) is 11.5 Å². The smallest absolute Gasteiger partial charge is 0.238 e. The van der Waals surface area contributed by atoms with E-state index in [9.17, 15) is 8.42 Å². The fourth-order valence-electron chi connectivity index (χ4n) is 4.47. The van der Waals surface area contributed by atoms with E-state index in [-0.39, 0.29) is 16.9 Å². The fraction of sp³-hybridized carbons (Fsp3) is 0.231. The van der Waals surface area contributed by atoms with Crippen molar-refractivity contribution in [3.05, 3.63) is 89.7 Å². The average molecular weight is 464 g/mol. The second kappa shape index (κ2) is 8.57. The monoisotopic (exact) mass is 463 g/mol. The van der Waals surface area contributed by atoms with Gasteiger partial charge in [-0.3, -0.25) is 0 Å². The maximum atomic E-state index is 11.8. The summed E-state index contributed by atoms with van der Waals surface area (Å²) in [7, 11) is -3.84. The Morgan fingerprint density at radius 2 is 1.79 bits per heavy atom. The maximum absolute atomic E-state index is 11.8. The van der Waals surface area contributed by atoms with E-state index in [1.165, 1.54) is 17.7 Å². The molecule has 0 radical (unpaired) electrons. The third kappa shape index (κ3) is 4.21. The quantitative estimate of drug-likeness (QED) is 0.449. The van der Waals surface area contributed by atoms with Gasteiger partial charge in [-0.1, -0.05) is 49.4 Å². The van der Waals surface area contributed by atoms with Gasteiger partial charge >= 0.3 is 0 Å². The minimum absolute atomic E-state index is 0.00605. The Morgan fingerprint density at radius 3 is 2.58 bits per heavy atom. The van der Waals surface area contributed by atoms with Crippen LogP contribution < -0.4 is 14.6 Å². The van der Waals surface area contributed by atoms with Gasteiger partial charge in [0.15, 0.2) is 11.5 Å². The predicted molar refractivity (Wildman–Crippen MR) is 126 cm³/mol. The minimum Gasteiger partial charge on any atom is -0.490 e. The van der Waals surface area contributed by atoms with Gasteiger partial charge in [0, 0.05) is 17.9 Å². The van der Waals surface area contributed by atoms with Crippen molar-refractivity contribution in [2.45, 2.75) is 36.7 Å². The zero-order valence-electron chi connectivity index (χ0n) is 18.2. The Bertz CT molecular complexity index is 1380. The zero-order valence-corrected chi connectivity index (χ0v) is 19.0. The van der Waals surface area contributed by atoms with E-state index in [1.54, 1.807) is 6.07 Å². The average Bonchev–Trinajstić information content (AvgIpc) is 3.11. The van der Waals surface area contributed by atoms with Crippen LogP contribution in [0.4, 0.5) is 0 Å². The normalized spacial score (nSPS) is 17.0. The third-order valence-corrected chi connectivity index (χ3v) is 6.99. The lowest BCUT2D eigenvalue weighted by molar-refractivity contribution is 0.164. The number of furan rings is 1. The van der Waals surface area contributed by atoms with E-state index in [1.807, 2.05) is 36.4 Å². The lowest BCUT2D eigenvalue weighted by atomic mass is 9.85. The molecule has 1 aliphatic rings. The number of para-hydroxylation sites is 1. The summed E-state index contributed by atoms with van der Waals surface area (Å²) in [6.45, 7) is 2.51. The lowest BCUT2D eigenvalue weighted by Gasteiger charge is -2.27. The molecule has 0 amide bonds. The summed E-state index contributed by atoms with van der Waals surface area (Å²) in [5.74, 6) is 1.52. The summed E-state index contributed by atoms with van der Waals surface area (Å²) >= 11 is 0. The van der Waals surface area contributed by atoms with E-state index >= 15 is 0 Å². The summed E-state index contributed by atoms with van der Waals surface area (Å²) in [6, 6.07) is 22.8. The van der Waals surface area contributed by atoms with Crippen LogP contribution in [0.15, 0.2) is 82.1 Å². The van der Waals surface area contributed by atoms with E-state index in [2.05, 4.69) is 25.1 Å². The fourth-order valence-corrected chi connectivity index (χ4v) is 5.00. The van der Waals surface area contributed by atoms with E-state index < -0.39 is 10.0 Å². The van der Waals surface area contributed by atoms with Crippen LogP contribution in [0, 0.1) is 0 Å². The van der Waals surface area contributed by atoms with Gasteiger partial charge < -0.3 is 13.9 Å². The standard InChI is InChI=1S/C26H25NO5S/c1-2-17-7-3-5-9-20(17)26(25-15-18-8-4-6-10-21(18)31-25)23-13-14-30-24-16-19(33(27,28)29)11-12-22(24)32-23/h3-12,15-16,23,26H,2,13-14H2,1H3,(H2,27,28,29)/t23?,26-/m0/s1. The highest BCUT2D eigenvalue weighted by atomic mass is 32.2. The van der Waals surface area contributed by atoms with Crippen molar-refractivity contribution in [3.63, 3.8) is 0 Å². The lowest BCUT2D eigenvalue weighted by Crippen LogP contribution is -2.27. The molecule has 170 valence electrons. The van der Waals surface area contributed by atoms with Crippen LogP contribution in [-0.4, -0.2) is 21.1 Å². The SMILES string of the molecule is CCc1ccccc1[C@H](c1cc2ccccc2o1)C1CCOc2cc(S(N)(=O)=O)ccc2O1. The summed E-state index contributed by atoms with van der Waals surface area (Å²) < 4.78 is 42.2. The molecule has 7 heteroatoms. The van der Waals surface area contributed by atoms with Crippen molar-refractivity contribution < 1.29 is 22.3 Å². The van der Waals surface area contributed by atoms with Crippen LogP contribution in [-0.2, 0) is 16.4 Å². The van der Waals surface area contributed by atoms with Gasteiger partial charge in [-0.25, -0.2) is 13.6 Å². The van der Waals surface area contributed by atoms with Crippen molar-refractivity contribution in [2.24, 2.45) is 5.14 Å². The molecule has 2 atom stereocenters. The molecular weight excluding hydrogens is 438 g/mol. The number of benzene rings is 3. The molecule has 0 saturated heterocycles. The summed E-state index contributed by atoms with van der Waals surface area (Å²) in [6.07, 6.45) is 1.20. The van der Waals surface area contributed by atoms with Crippen LogP contribution in [0.25, 0.3) is 11.0 Å². The number of aryl methyl sites for hydroxylation is 1. The van der Waals surface area contributed by atoms with Gasteiger partial charge in [-0.15, -0.1) is 0 Å². The molecule has 2 heterocycles. The van der Waals surface area contributed by atoms with Crippen LogP contribution in [0.1, 0.15) is 36.1 Å². The van der Waals surface area contributed by atoms with Gasteiger partial charge in [0.25, 0.3) is 0 Å². The molecule has 3 aromatic carbocycles. The summed E-state index contributed by atoms with van der Waals surface area (Å²) in [5, 5.41) is 6.33. The first-order valence-electron chi connectivity index (χ1n) is 11.0. The highest BCUT2D eigenvalue weighted by molar-refractivity contribution is 7.89. The molecule has 5 rings (SSSR count). The van der Waals surface area contributed by atoms with Crippen LogP contribution in [0.3, 0.4) is 0 Å². The first kappa shape index (κ1) is 21.6. The number of fused-ring (bicyclic) bond motifs is 2. The molecule has 1 unspecified atom stereocenters. The molecular formula is C26H25NO5S. The van der Waals surface area contributed by atoms with Gasteiger partial charge in [-0.05, 0) is 41.8 Å². The van der Waals surface area contributed by atoms with Crippen LogP contribution >= 0.6 is 0 Å². The number of hydrogen-bond acceptors (Lipinski definition) is 5. The maximum Gasteiger partial charge on any atom is 0.238 e. The molecule has 0 saturated carbocycles. The summed E-state index contributed by atoms with van der Waals surface area (Å²) in [5.41, 5.74) is 3.20. The molecule has 0 fully saturated rings. The molecule has 33 heavy (non-hydrogen) atoms. The molecule has 0 spiro atoms. The zero-order chi connectivity index (χ0) is 23.0. The minimum atomic E-state index is -3.84. The number of nitrogens with two attached hydrogens (primary N) is 1. The van der Waals surface area contributed by atoms with Gasteiger partial charge in [-0.2, -0.15) is 0 Å². The Balaban J connectivity index is 1.61. The summed E-state index contributed by atoms with van der Waals surface area (Å²) in [4.78, 5) is -0.00605. The highest BCUT2D eigenvalue weighted by Crippen LogP contribution is 2.41. The number of hydrogen-bond donors (Lipinski definition) is 1. The third-order valence-electron chi connectivity index (χ3n) is 6.08. The number of primary sulfonamides is 1. The number of ether oxygens (including phenoxy) is 2. The Labute approximate surface area is 193 Å². The Morgan fingerprint density at radius 1 is 1.00 bits per heavy atom. The molecule has 2 N–H and O–H groups in total. The first-order chi connectivity index (χ1) is 15.9. The molecule has 1 aliphatic heterocycles. The number of rotatable bonds is 5. The van der Waals surface area contributed by atoms with Crippen molar-refractivity contribution >= 4 is 21.0 Å². The van der Waals surface area contributed by atoms with Crippen LogP contribution in [0.2, 0.25) is 0 Å². The second-order valence-corrected chi connectivity index (χ2v) is 9.73. The van der Waals surface area contributed by atoms with Crippen molar-refractivity contribution in [1.29, 1.82) is 0 Å². The molecule has 4 aromatic rings. The topological polar surface area (TPSA) is 91.8 Å². The second-order valence-electron chi connectivity index (χ2n) is 8.16. The van der Waals surface area contributed by atoms with E-state index in [0.717, 1.165) is 28.7 Å². The highest BCUT2D eigenvalue weighted by Gasteiger charge is 2.33. The van der Waals surface area contributed by atoms with Gasteiger partial charge in [0.2, 0.25) is 10.0 Å². The number of sulfonamides is 1. The predicted octanol–water partition coefficient (Wildman–Crippen LogP) is 5.00. The van der Waals surface area contributed by atoms with Gasteiger partial charge in [0.1, 0.15) is 17.4 Å². The van der Waals surface area contributed by atoms with Crippen molar-refractivity contribution in [2.75, 3.05) is 6.61 Å². The molecule has 0 bridgehead atoms. The molecule has 1 aromatic heterocycles. The van der Waals surface area contributed by atoms with Crippen molar-refractivity contribution in [1.82, 2.24) is 0 Å². The van der Waals surface area contributed by atoms with Crippen LogP contribution in [0.5, 0.6) is 11.5 Å². The van der Waals surface area contributed by atoms with E-state index in [4.69, 9.17) is 19.0 Å². The molecule has 0 aliphatic carbocycles. The first-order valence-corrected chi connectivity index (χ1v) is 12.5. The van der Waals surface area contributed by atoms with Gasteiger partial charge in [0.05, 0.1) is 17.4 Å². The largest absolute Gasteiger partial charge is 0.490 e. The Hall–Kier alpha value is -3.29.